The molecule has 0 bridgehead atoms. The number of fused-ring (bicyclic) bond motifs is 1. The molecule has 0 saturated heterocycles. The molecular formula is C11H13NO2. The van der Waals surface area contributed by atoms with Crippen LogP contribution in [0, 0.1) is 5.92 Å². The topological polar surface area (TPSA) is 49.3 Å². The summed E-state index contributed by atoms with van der Waals surface area (Å²) < 4.78 is 0. The van der Waals surface area contributed by atoms with Gasteiger partial charge >= 0.3 is 5.97 Å². The Balaban J connectivity index is 2.31. The van der Waals surface area contributed by atoms with Gasteiger partial charge in [-0.1, -0.05) is 25.1 Å². The normalized spacial score (nSPS) is 24.9. The van der Waals surface area contributed by atoms with Crippen LogP contribution in [-0.4, -0.2) is 17.1 Å². The lowest BCUT2D eigenvalue weighted by molar-refractivity contribution is -0.139. The summed E-state index contributed by atoms with van der Waals surface area (Å²) in [5, 5.41) is 12.0. The van der Waals surface area contributed by atoms with Crippen molar-refractivity contribution in [2.24, 2.45) is 5.92 Å². The third kappa shape index (κ3) is 1.45. The van der Waals surface area contributed by atoms with Gasteiger partial charge in [0.25, 0.3) is 0 Å². The van der Waals surface area contributed by atoms with Gasteiger partial charge in [-0.3, -0.25) is 0 Å². The number of rotatable bonds is 1. The molecule has 2 rings (SSSR count). The lowest BCUT2D eigenvalue weighted by Crippen LogP contribution is -2.39. The van der Waals surface area contributed by atoms with E-state index in [4.69, 9.17) is 5.11 Å². The summed E-state index contributed by atoms with van der Waals surface area (Å²) in [6, 6.07) is 7.41. The standard InChI is InChI=1S/C11H13NO2/c1-7-6-8-4-2-3-5-9(8)12-10(7)11(13)14/h2-5,7,10,12H,6H2,1H3,(H,13,14)/t7-,10-/m1/s1. The highest BCUT2D eigenvalue weighted by molar-refractivity contribution is 5.79. The van der Waals surface area contributed by atoms with Crippen LogP contribution in [0.15, 0.2) is 24.3 Å². The van der Waals surface area contributed by atoms with Crippen molar-refractivity contribution in [3.05, 3.63) is 29.8 Å². The van der Waals surface area contributed by atoms with Crippen LogP contribution in [-0.2, 0) is 11.2 Å². The van der Waals surface area contributed by atoms with E-state index in [1.54, 1.807) is 0 Å². The molecular weight excluding hydrogens is 178 g/mol. The number of nitrogens with one attached hydrogen (secondary N) is 1. The van der Waals surface area contributed by atoms with E-state index >= 15 is 0 Å². The lowest BCUT2D eigenvalue weighted by atomic mass is 9.89. The number of carboxylic acids is 1. The predicted octanol–water partition coefficient (Wildman–Crippen LogP) is 1.74. The number of anilines is 1. The zero-order valence-corrected chi connectivity index (χ0v) is 8.03. The molecule has 3 nitrogen and oxygen atoms in total. The number of benzene rings is 1. The SMILES string of the molecule is C[C@@H]1Cc2ccccc2N[C@H]1C(=O)O. The first kappa shape index (κ1) is 9.06. The van der Waals surface area contributed by atoms with Crippen molar-refractivity contribution < 1.29 is 9.90 Å². The van der Waals surface area contributed by atoms with Gasteiger partial charge < -0.3 is 10.4 Å². The maximum absolute atomic E-state index is 10.9. The number of carboxylic acid groups (broad SMARTS) is 1. The minimum Gasteiger partial charge on any atom is -0.480 e. The summed E-state index contributed by atoms with van der Waals surface area (Å²) >= 11 is 0. The summed E-state index contributed by atoms with van der Waals surface area (Å²) in [5.74, 6) is -0.630. The molecule has 74 valence electrons. The highest BCUT2D eigenvalue weighted by Crippen LogP contribution is 2.27. The Morgan fingerprint density at radius 1 is 1.50 bits per heavy atom. The highest BCUT2D eigenvalue weighted by atomic mass is 16.4. The van der Waals surface area contributed by atoms with E-state index in [0.29, 0.717) is 0 Å². The first-order valence-electron chi connectivity index (χ1n) is 4.75. The van der Waals surface area contributed by atoms with Gasteiger partial charge in [0.15, 0.2) is 0 Å². The van der Waals surface area contributed by atoms with Gasteiger partial charge in [-0.2, -0.15) is 0 Å². The molecule has 0 unspecified atom stereocenters. The molecule has 1 aliphatic rings. The third-order valence-corrected chi connectivity index (χ3v) is 2.71. The Morgan fingerprint density at radius 3 is 2.93 bits per heavy atom. The molecule has 0 saturated carbocycles. The van der Waals surface area contributed by atoms with Gasteiger partial charge in [-0.05, 0) is 24.0 Å². The van der Waals surface area contributed by atoms with Gasteiger partial charge in [0.2, 0.25) is 0 Å². The lowest BCUT2D eigenvalue weighted by Gasteiger charge is -2.29. The summed E-state index contributed by atoms with van der Waals surface area (Å²) in [6.07, 6.45) is 0.833. The Kier molecular flexibility index (Phi) is 2.15. The molecule has 1 aromatic carbocycles. The minimum absolute atomic E-state index is 0.141. The fourth-order valence-electron chi connectivity index (χ4n) is 1.92. The Morgan fingerprint density at radius 2 is 2.21 bits per heavy atom. The van der Waals surface area contributed by atoms with Crippen LogP contribution in [0.4, 0.5) is 5.69 Å². The fraction of sp³-hybridized carbons (Fsp3) is 0.364. The van der Waals surface area contributed by atoms with E-state index in [9.17, 15) is 4.79 Å². The molecule has 2 N–H and O–H groups in total. The largest absolute Gasteiger partial charge is 0.480 e. The number of para-hydroxylation sites is 1. The molecule has 2 atom stereocenters. The summed E-state index contributed by atoms with van der Waals surface area (Å²) in [6.45, 7) is 1.96. The van der Waals surface area contributed by atoms with Crippen molar-refractivity contribution in [3.63, 3.8) is 0 Å². The van der Waals surface area contributed by atoms with Crippen LogP contribution in [0.3, 0.4) is 0 Å². The molecule has 1 aromatic rings. The summed E-state index contributed by atoms with van der Waals surface area (Å²) in [4.78, 5) is 10.9. The van der Waals surface area contributed by atoms with Gasteiger partial charge in [-0.25, -0.2) is 4.79 Å². The molecule has 0 spiro atoms. The Labute approximate surface area is 82.8 Å². The quantitative estimate of drug-likeness (QED) is 0.711. The highest BCUT2D eigenvalue weighted by Gasteiger charge is 2.29. The second-order valence-electron chi connectivity index (χ2n) is 3.80. The van der Waals surface area contributed by atoms with E-state index in [-0.39, 0.29) is 5.92 Å². The fourth-order valence-corrected chi connectivity index (χ4v) is 1.92. The van der Waals surface area contributed by atoms with Crippen molar-refractivity contribution in [2.45, 2.75) is 19.4 Å². The molecule has 0 fully saturated rings. The van der Waals surface area contributed by atoms with Crippen molar-refractivity contribution in [1.82, 2.24) is 0 Å². The second kappa shape index (κ2) is 3.33. The van der Waals surface area contributed by atoms with Crippen LogP contribution in [0.5, 0.6) is 0 Å². The minimum atomic E-state index is -0.771. The number of hydrogen-bond donors (Lipinski definition) is 2. The zero-order chi connectivity index (χ0) is 10.1. The molecule has 0 aliphatic carbocycles. The molecule has 1 aliphatic heterocycles. The third-order valence-electron chi connectivity index (χ3n) is 2.71. The van der Waals surface area contributed by atoms with Crippen molar-refractivity contribution in [1.29, 1.82) is 0 Å². The van der Waals surface area contributed by atoms with Gasteiger partial charge in [0, 0.05) is 5.69 Å². The van der Waals surface area contributed by atoms with Crippen LogP contribution in [0.25, 0.3) is 0 Å². The summed E-state index contributed by atoms with van der Waals surface area (Å²) in [5.41, 5.74) is 2.16. The van der Waals surface area contributed by atoms with Crippen LogP contribution >= 0.6 is 0 Å². The number of carbonyl (C=O) groups is 1. The Bertz CT molecular complexity index is 362. The van der Waals surface area contributed by atoms with E-state index in [1.165, 1.54) is 5.56 Å². The molecule has 0 radical (unpaired) electrons. The predicted molar refractivity (Wildman–Crippen MR) is 54.4 cm³/mol. The van der Waals surface area contributed by atoms with Crippen LogP contribution in [0.1, 0.15) is 12.5 Å². The molecule has 14 heavy (non-hydrogen) atoms. The molecule has 0 aromatic heterocycles. The molecule has 0 amide bonds. The monoisotopic (exact) mass is 191 g/mol. The molecule has 3 heteroatoms. The van der Waals surface area contributed by atoms with E-state index in [2.05, 4.69) is 5.32 Å². The van der Waals surface area contributed by atoms with Crippen LogP contribution < -0.4 is 5.32 Å². The first-order chi connectivity index (χ1) is 6.68. The van der Waals surface area contributed by atoms with Gasteiger partial charge in [-0.15, -0.1) is 0 Å². The van der Waals surface area contributed by atoms with Gasteiger partial charge in [0.05, 0.1) is 0 Å². The maximum atomic E-state index is 10.9. The maximum Gasteiger partial charge on any atom is 0.326 e. The van der Waals surface area contributed by atoms with E-state index in [0.717, 1.165) is 12.1 Å². The molecule has 1 heterocycles. The average Bonchev–Trinajstić information content (AvgIpc) is 2.16. The Hall–Kier alpha value is -1.51. The van der Waals surface area contributed by atoms with Crippen molar-refractivity contribution >= 4 is 11.7 Å². The van der Waals surface area contributed by atoms with E-state index in [1.807, 2.05) is 31.2 Å². The van der Waals surface area contributed by atoms with E-state index < -0.39 is 12.0 Å². The van der Waals surface area contributed by atoms with Crippen LogP contribution in [0.2, 0.25) is 0 Å². The van der Waals surface area contributed by atoms with Crippen molar-refractivity contribution in [2.75, 3.05) is 5.32 Å². The van der Waals surface area contributed by atoms with Gasteiger partial charge in [0.1, 0.15) is 6.04 Å². The smallest absolute Gasteiger partial charge is 0.326 e. The zero-order valence-electron chi connectivity index (χ0n) is 8.03. The average molecular weight is 191 g/mol. The summed E-state index contributed by atoms with van der Waals surface area (Å²) in [7, 11) is 0. The second-order valence-corrected chi connectivity index (χ2v) is 3.80. The van der Waals surface area contributed by atoms with Crippen molar-refractivity contribution in [3.8, 4) is 0 Å². The number of hydrogen-bond acceptors (Lipinski definition) is 2. The first-order valence-corrected chi connectivity index (χ1v) is 4.75. The number of aliphatic carboxylic acids is 1.